The number of fused-ring (bicyclic) bond motifs is 1. The molecule has 2 aromatic rings. The highest BCUT2D eigenvalue weighted by atomic mass is 32.2. The molecule has 0 bridgehead atoms. The number of hydrogen-bond donors (Lipinski definition) is 2. The molecule has 2 saturated heterocycles. The van der Waals surface area contributed by atoms with E-state index in [0.29, 0.717) is 11.5 Å². The normalized spacial score (nSPS) is 24.6. The van der Waals surface area contributed by atoms with E-state index in [9.17, 15) is 19.7 Å². The smallest absolute Gasteiger partial charge is 0.330 e. The summed E-state index contributed by atoms with van der Waals surface area (Å²) in [7, 11) is 0. The number of imidazole rings is 1. The minimum atomic E-state index is -0.710. The Morgan fingerprint density at radius 3 is 2.76 bits per heavy atom. The third-order valence-corrected chi connectivity index (χ3v) is 6.55. The molecule has 0 radical (unpaired) electrons. The standard InChI is InChI=1S/C18H19N5O5S/c1-18(2)13(16(25)28-9-10-3-5-11(6-4-10)23(26)27)22-14(24)12(15(22)29-18)21-17-19-7-8-20-17/h3-8,12-13,15H,9H2,1-2H3,(H2,19,20,21)/t12?,13?,15-/m0/s1. The van der Waals surface area contributed by atoms with Crippen LogP contribution in [0.4, 0.5) is 11.6 Å². The third kappa shape index (κ3) is 3.41. The lowest BCUT2D eigenvalue weighted by molar-refractivity contribution is -0.384. The van der Waals surface area contributed by atoms with Crippen LogP contribution >= 0.6 is 11.8 Å². The third-order valence-electron chi connectivity index (χ3n) is 4.98. The molecule has 2 fully saturated rings. The van der Waals surface area contributed by atoms with Gasteiger partial charge in [0.05, 0.1) is 4.92 Å². The van der Waals surface area contributed by atoms with Gasteiger partial charge >= 0.3 is 5.97 Å². The van der Waals surface area contributed by atoms with Crippen molar-refractivity contribution < 1.29 is 19.2 Å². The first kappa shape index (κ1) is 19.2. The predicted octanol–water partition coefficient (Wildman–Crippen LogP) is 1.90. The SMILES string of the molecule is CC1(C)S[C@H]2C(Nc3ncc[nH]3)C(=O)N2C1C(=O)OCc1ccc([N+](=O)[O-])cc1. The summed E-state index contributed by atoms with van der Waals surface area (Å²) in [5, 5.41) is 13.6. The predicted molar refractivity (Wildman–Crippen MR) is 105 cm³/mol. The lowest BCUT2D eigenvalue weighted by atomic mass is 9.96. The minimum Gasteiger partial charge on any atom is -0.459 e. The Morgan fingerprint density at radius 1 is 1.41 bits per heavy atom. The molecule has 3 heterocycles. The summed E-state index contributed by atoms with van der Waals surface area (Å²) in [6.07, 6.45) is 3.25. The van der Waals surface area contributed by atoms with Crippen molar-refractivity contribution in [2.45, 2.75) is 42.7 Å². The van der Waals surface area contributed by atoms with Gasteiger partial charge in [0.2, 0.25) is 11.9 Å². The number of thioether (sulfide) groups is 1. The molecule has 0 saturated carbocycles. The van der Waals surface area contributed by atoms with Crippen LogP contribution < -0.4 is 5.32 Å². The largest absolute Gasteiger partial charge is 0.459 e. The number of nitrogens with zero attached hydrogens (tertiary/aromatic N) is 3. The number of amides is 1. The van der Waals surface area contributed by atoms with Crippen LogP contribution in [0.3, 0.4) is 0 Å². The topological polar surface area (TPSA) is 130 Å². The van der Waals surface area contributed by atoms with Gasteiger partial charge < -0.3 is 19.9 Å². The highest BCUT2D eigenvalue weighted by Crippen LogP contribution is 2.51. The van der Waals surface area contributed by atoms with Gasteiger partial charge in [0.1, 0.15) is 24.1 Å². The Morgan fingerprint density at radius 2 is 2.14 bits per heavy atom. The molecule has 4 rings (SSSR count). The number of nitro benzene ring substituents is 1. The molecule has 2 aliphatic heterocycles. The van der Waals surface area contributed by atoms with Crippen LogP contribution in [-0.4, -0.2) is 53.9 Å². The molecule has 2 unspecified atom stereocenters. The van der Waals surface area contributed by atoms with Gasteiger partial charge in [0, 0.05) is 29.3 Å². The minimum absolute atomic E-state index is 0.0190. The molecule has 29 heavy (non-hydrogen) atoms. The Labute approximate surface area is 170 Å². The summed E-state index contributed by atoms with van der Waals surface area (Å²) in [5.74, 6) is -0.166. The van der Waals surface area contributed by atoms with Crippen LogP contribution in [0.25, 0.3) is 0 Å². The van der Waals surface area contributed by atoms with Gasteiger partial charge in [-0.25, -0.2) is 9.78 Å². The van der Waals surface area contributed by atoms with Crippen molar-refractivity contribution in [1.82, 2.24) is 14.9 Å². The number of carbonyl (C=O) groups excluding carboxylic acids is 2. The fourth-order valence-corrected chi connectivity index (χ4v) is 5.19. The quantitative estimate of drug-likeness (QED) is 0.315. The molecule has 3 atom stereocenters. The number of anilines is 1. The van der Waals surface area contributed by atoms with Gasteiger partial charge in [-0.3, -0.25) is 14.9 Å². The number of β-lactam (4-membered cyclic amide) rings is 1. The number of hydrogen-bond acceptors (Lipinski definition) is 8. The first-order valence-electron chi connectivity index (χ1n) is 8.94. The zero-order valence-corrected chi connectivity index (χ0v) is 16.5. The van der Waals surface area contributed by atoms with Crippen molar-refractivity contribution in [3.05, 3.63) is 52.3 Å². The summed E-state index contributed by atoms with van der Waals surface area (Å²) in [4.78, 5) is 44.3. The monoisotopic (exact) mass is 417 g/mol. The zero-order chi connectivity index (χ0) is 20.8. The van der Waals surface area contributed by atoms with Crippen molar-refractivity contribution in [2.24, 2.45) is 0 Å². The second-order valence-corrected chi connectivity index (χ2v) is 9.12. The van der Waals surface area contributed by atoms with Gasteiger partial charge in [0.15, 0.2) is 0 Å². The maximum Gasteiger partial charge on any atom is 0.330 e. The number of esters is 1. The Balaban J connectivity index is 1.41. The van der Waals surface area contributed by atoms with Crippen LogP contribution in [0.1, 0.15) is 19.4 Å². The number of nitro groups is 1. The number of benzene rings is 1. The number of aromatic amines is 1. The molecular weight excluding hydrogens is 398 g/mol. The maximum absolute atomic E-state index is 12.8. The van der Waals surface area contributed by atoms with E-state index in [1.54, 1.807) is 29.4 Å². The van der Waals surface area contributed by atoms with Gasteiger partial charge in [-0.05, 0) is 31.5 Å². The second-order valence-electron chi connectivity index (χ2n) is 7.35. The van der Waals surface area contributed by atoms with Gasteiger partial charge in [-0.15, -0.1) is 11.8 Å². The van der Waals surface area contributed by atoms with E-state index in [4.69, 9.17) is 4.74 Å². The number of nitrogens with one attached hydrogen (secondary N) is 2. The van der Waals surface area contributed by atoms with E-state index in [1.165, 1.54) is 23.9 Å². The number of aromatic nitrogens is 2. The van der Waals surface area contributed by atoms with E-state index >= 15 is 0 Å². The molecule has 2 aliphatic rings. The number of rotatable bonds is 6. The van der Waals surface area contributed by atoms with Crippen molar-refractivity contribution in [2.75, 3.05) is 5.32 Å². The molecule has 1 amide bonds. The molecular formula is C18H19N5O5S. The Kier molecular flexibility index (Phi) is 4.69. The summed E-state index contributed by atoms with van der Waals surface area (Å²) in [6.45, 7) is 3.80. The number of carbonyl (C=O) groups is 2. The van der Waals surface area contributed by atoms with Gasteiger partial charge in [-0.2, -0.15) is 0 Å². The van der Waals surface area contributed by atoms with Crippen molar-refractivity contribution in [3.8, 4) is 0 Å². The zero-order valence-electron chi connectivity index (χ0n) is 15.7. The highest BCUT2D eigenvalue weighted by molar-refractivity contribution is 8.01. The van der Waals surface area contributed by atoms with Crippen LogP contribution in [-0.2, 0) is 20.9 Å². The highest BCUT2D eigenvalue weighted by Gasteiger charge is 2.64. The fraction of sp³-hybridized carbons (Fsp3) is 0.389. The molecule has 0 spiro atoms. The van der Waals surface area contributed by atoms with Gasteiger partial charge in [-0.1, -0.05) is 0 Å². The van der Waals surface area contributed by atoms with Crippen LogP contribution in [0.5, 0.6) is 0 Å². The Hall–Kier alpha value is -3.08. The molecule has 152 valence electrons. The Bertz CT molecular complexity index is 946. The van der Waals surface area contributed by atoms with E-state index in [-0.39, 0.29) is 23.6 Å². The van der Waals surface area contributed by atoms with E-state index < -0.39 is 27.7 Å². The molecule has 0 aliphatic carbocycles. The molecule has 11 heteroatoms. The molecule has 1 aromatic carbocycles. The van der Waals surface area contributed by atoms with Crippen LogP contribution in [0, 0.1) is 10.1 Å². The van der Waals surface area contributed by atoms with E-state index in [2.05, 4.69) is 15.3 Å². The second kappa shape index (κ2) is 7.07. The van der Waals surface area contributed by atoms with E-state index in [0.717, 1.165) is 0 Å². The van der Waals surface area contributed by atoms with Crippen LogP contribution in [0.15, 0.2) is 36.7 Å². The van der Waals surface area contributed by atoms with E-state index in [1.807, 2.05) is 13.8 Å². The van der Waals surface area contributed by atoms with Crippen LogP contribution in [0.2, 0.25) is 0 Å². The first-order chi connectivity index (χ1) is 13.8. The number of non-ortho nitro benzene ring substituents is 1. The molecule has 10 nitrogen and oxygen atoms in total. The maximum atomic E-state index is 12.8. The first-order valence-corrected chi connectivity index (χ1v) is 9.82. The lowest BCUT2D eigenvalue weighted by Gasteiger charge is -2.43. The average Bonchev–Trinajstić information content (AvgIpc) is 3.28. The summed E-state index contributed by atoms with van der Waals surface area (Å²) < 4.78 is 4.91. The number of H-pyrrole nitrogens is 1. The van der Waals surface area contributed by atoms with Gasteiger partial charge in [0.25, 0.3) is 5.69 Å². The molecule has 1 aromatic heterocycles. The number of ether oxygens (including phenoxy) is 1. The fourth-order valence-electron chi connectivity index (χ4n) is 3.57. The van der Waals surface area contributed by atoms with Crippen molar-refractivity contribution in [1.29, 1.82) is 0 Å². The summed E-state index contributed by atoms with van der Waals surface area (Å²) >= 11 is 1.54. The summed E-state index contributed by atoms with van der Waals surface area (Å²) in [6, 6.07) is 4.63. The lowest BCUT2D eigenvalue weighted by Crippen LogP contribution is -2.68. The summed E-state index contributed by atoms with van der Waals surface area (Å²) in [5.41, 5.74) is 0.605. The van der Waals surface area contributed by atoms with Crippen molar-refractivity contribution >= 4 is 35.3 Å². The average molecular weight is 417 g/mol. The van der Waals surface area contributed by atoms with Crippen molar-refractivity contribution in [3.63, 3.8) is 0 Å². The molecule has 2 N–H and O–H groups in total.